The second-order valence-corrected chi connectivity index (χ2v) is 11.8. The van der Waals surface area contributed by atoms with Gasteiger partial charge in [0.15, 0.2) is 5.78 Å². The first-order valence-corrected chi connectivity index (χ1v) is 13.1. The highest BCUT2D eigenvalue weighted by Gasteiger charge is 2.54. The average Bonchev–Trinajstić information content (AvgIpc) is 3.29. The third kappa shape index (κ3) is 4.10. The van der Waals surface area contributed by atoms with Crippen LogP contribution < -0.4 is 10.2 Å². The molecular formula is C26H38N4O3. The van der Waals surface area contributed by atoms with Crippen LogP contribution in [0, 0.1) is 23.7 Å². The van der Waals surface area contributed by atoms with E-state index in [2.05, 4.69) is 24.1 Å². The molecule has 6 aliphatic rings. The lowest BCUT2D eigenvalue weighted by molar-refractivity contribution is -0.151. The van der Waals surface area contributed by atoms with E-state index in [1.807, 2.05) is 0 Å². The number of ether oxygens (including phenoxy) is 1. The Morgan fingerprint density at radius 2 is 1.94 bits per heavy atom. The van der Waals surface area contributed by atoms with Crippen molar-refractivity contribution in [3.05, 3.63) is 17.5 Å². The van der Waals surface area contributed by atoms with E-state index >= 15 is 0 Å². The summed E-state index contributed by atoms with van der Waals surface area (Å²) < 4.78 is 6.01. The van der Waals surface area contributed by atoms with Gasteiger partial charge >= 0.3 is 0 Å². The first-order valence-electron chi connectivity index (χ1n) is 13.1. The monoisotopic (exact) mass is 454 g/mol. The molecule has 0 aromatic carbocycles. The number of carbonyl (C=O) groups excluding carboxylic acids is 1. The van der Waals surface area contributed by atoms with E-state index in [9.17, 15) is 9.90 Å². The Balaban J connectivity index is 1.25. The largest absolute Gasteiger partial charge is 0.390 e. The molecule has 2 saturated heterocycles. The Hall–Kier alpha value is -1.57. The van der Waals surface area contributed by atoms with Crippen molar-refractivity contribution in [2.24, 2.45) is 23.7 Å². The third-order valence-corrected chi connectivity index (χ3v) is 9.04. The smallest absolute Gasteiger partial charge is 0.225 e. The number of ketones is 1. The number of carbonyl (C=O) groups is 1. The summed E-state index contributed by atoms with van der Waals surface area (Å²) in [6, 6.07) is 0.744. The Bertz CT molecular complexity index is 891. The number of rotatable bonds is 5. The predicted molar refractivity (Wildman–Crippen MR) is 125 cm³/mol. The van der Waals surface area contributed by atoms with Gasteiger partial charge in [-0.15, -0.1) is 0 Å². The fraction of sp³-hybridized carbons (Fsp3) is 0.808. The van der Waals surface area contributed by atoms with Gasteiger partial charge in [-0.05, 0) is 82.5 Å². The maximum atomic E-state index is 13.7. The van der Waals surface area contributed by atoms with Crippen molar-refractivity contribution >= 4 is 11.7 Å². The molecule has 33 heavy (non-hydrogen) atoms. The van der Waals surface area contributed by atoms with E-state index in [0.29, 0.717) is 53.7 Å². The van der Waals surface area contributed by atoms with Gasteiger partial charge in [-0.1, -0.05) is 0 Å². The number of piperazine rings is 1. The van der Waals surface area contributed by atoms with Gasteiger partial charge in [-0.25, -0.2) is 9.97 Å². The van der Waals surface area contributed by atoms with Crippen LogP contribution in [-0.4, -0.2) is 58.2 Å². The van der Waals surface area contributed by atoms with Gasteiger partial charge in [0.05, 0.1) is 16.9 Å². The van der Waals surface area contributed by atoms with Crippen LogP contribution in [0.5, 0.6) is 0 Å². The highest BCUT2D eigenvalue weighted by atomic mass is 16.5. The highest BCUT2D eigenvalue weighted by Crippen LogP contribution is 2.59. The summed E-state index contributed by atoms with van der Waals surface area (Å²) in [6.07, 6.45) is 9.25. The van der Waals surface area contributed by atoms with Crippen LogP contribution in [0.4, 0.5) is 5.95 Å². The van der Waals surface area contributed by atoms with Gasteiger partial charge in [0.25, 0.3) is 0 Å². The Kier molecular flexibility index (Phi) is 5.50. The Morgan fingerprint density at radius 1 is 1.21 bits per heavy atom. The fourth-order valence-electron chi connectivity index (χ4n) is 8.03. The molecule has 7 heteroatoms. The summed E-state index contributed by atoms with van der Waals surface area (Å²) in [4.78, 5) is 25.6. The number of nitrogens with one attached hydrogen (secondary N) is 1. The summed E-state index contributed by atoms with van der Waals surface area (Å²) in [5.41, 5.74) is 1.000. The van der Waals surface area contributed by atoms with Crippen molar-refractivity contribution in [3.8, 4) is 0 Å². The number of aliphatic hydroxyl groups is 1. The molecule has 7 nitrogen and oxygen atoms in total. The predicted octanol–water partition coefficient (Wildman–Crippen LogP) is 3.27. The summed E-state index contributed by atoms with van der Waals surface area (Å²) >= 11 is 0. The first-order chi connectivity index (χ1) is 15.9. The zero-order valence-corrected chi connectivity index (χ0v) is 20.0. The van der Waals surface area contributed by atoms with E-state index < -0.39 is 5.60 Å². The molecule has 4 bridgehead atoms. The normalized spacial score (nSPS) is 42.2. The van der Waals surface area contributed by atoms with Crippen molar-refractivity contribution in [1.82, 2.24) is 15.3 Å². The molecule has 2 unspecified atom stereocenters. The third-order valence-electron chi connectivity index (χ3n) is 9.04. The van der Waals surface area contributed by atoms with Crippen LogP contribution in [0.15, 0.2) is 6.20 Å². The number of hydrogen-bond acceptors (Lipinski definition) is 7. The first kappa shape index (κ1) is 21.9. The van der Waals surface area contributed by atoms with E-state index in [-0.39, 0.29) is 11.9 Å². The minimum Gasteiger partial charge on any atom is -0.390 e. The molecule has 0 radical (unpaired) electrons. The second kappa shape index (κ2) is 8.28. The quantitative estimate of drug-likeness (QED) is 0.660. The number of Topliss-reactive ketones (excluding diaryl/α,β-unsaturated/α-hetero) is 1. The number of nitrogens with zero attached hydrogens (tertiary/aromatic N) is 3. The molecule has 0 amide bonds. The molecular weight excluding hydrogens is 416 g/mol. The van der Waals surface area contributed by atoms with Crippen LogP contribution in [0.25, 0.3) is 0 Å². The standard InChI is InChI=1S/C26H38N4O3/c1-15-13-30(14-16(2)28-15)25-27-12-21(24(29-25)23-4-3-5-33-23)22(31)8-20-18-6-17-7-19(20)11-26(32,9-17)10-18/h12,15-20,23,28,32H,3-11,13-14H2,1-2H3/t15-,16+,17?,18?,19?,20?,23-,26?/m1/s1. The SMILES string of the molecule is C[C@@H]1CN(c2ncc(C(=O)CC3C4CC5CC3CC(O)(C5)C4)c([C@H]3CCCO3)n2)C[C@H](C)N1. The van der Waals surface area contributed by atoms with Crippen molar-refractivity contribution in [3.63, 3.8) is 0 Å². The summed E-state index contributed by atoms with van der Waals surface area (Å²) in [5, 5.41) is 14.5. The lowest BCUT2D eigenvalue weighted by Crippen LogP contribution is -2.55. The number of hydrogen-bond donors (Lipinski definition) is 2. The molecule has 4 aliphatic carbocycles. The fourth-order valence-corrected chi connectivity index (χ4v) is 8.03. The summed E-state index contributed by atoms with van der Waals surface area (Å²) in [6.45, 7) is 6.81. The minimum absolute atomic E-state index is 0.109. The lowest BCUT2D eigenvalue weighted by atomic mass is 9.49. The van der Waals surface area contributed by atoms with Crippen molar-refractivity contribution in [2.45, 2.75) is 89.0 Å². The second-order valence-electron chi connectivity index (χ2n) is 11.8. The van der Waals surface area contributed by atoms with Crippen LogP contribution >= 0.6 is 0 Å². The molecule has 0 spiro atoms. The molecule has 180 valence electrons. The summed E-state index contributed by atoms with van der Waals surface area (Å²) in [5.74, 6) is 2.91. The van der Waals surface area contributed by atoms with Gasteiger partial charge in [0.2, 0.25) is 5.95 Å². The van der Waals surface area contributed by atoms with Crippen LogP contribution in [0.3, 0.4) is 0 Å². The molecule has 3 heterocycles. The molecule has 2 N–H and O–H groups in total. The molecule has 6 fully saturated rings. The van der Waals surface area contributed by atoms with E-state index in [1.165, 1.54) is 12.8 Å². The molecule has 4 saturated carbocycles. The van der Waals surface area contributed by atoms with Gasteiger partial charge in [-0.2, -0.15) is 0 Å². The summed E-state index contributed by atoms with van der Waals surface area (Å²) in [7, 11) is 0. The van der Waals surface area contributed by atoms with Crippen molar-refractivity contribution in [1.29, 1.82) is 0 Å². The van der Waals surface area contributed by atoms with Crippen molar-refractivity contribution in [2.75, 3.05) is 24.6 Å². The maximum absolute atomic E-state index is 13.7. The Morgan fingerprint density at radius 3 is 2.58 bits per heavy atom. The molecule has 1 aromatic heterocycles. The van der Waals surface area contributed by atoms with Crippen LogP contribution in [-0.2, 0) is 4.74 Å². The van der Waals surface area contributed by atoms with Crippen LogP contribution in [0.1, 0.15) is 87.4 Å². The number of anilines is 1. The maximum Gasteiger partial charge on any atom is 0.225 e. The van der Waals surface area contributed by atoms with Crippen molar-refractivity contribution < 1.29 is 14.6 Å². The lowest BCUT2D eigenvalue weighted by Gasteiger charge is -2.58. The zero-order chi connectivity index (χ0) is 22.7. The van der Waals surface area contributed by atoms with Gasteiger partial charge in [-0.3, -0.25) is 4.79 Å². The number of aromatic nitrogens is 2. The minimum atomic E-state index is -0.457. The average molecular weight is 455 g/mol. The Labute approximate surface area is 196 Å². The van der Waals surface area contributed by atoms with E-state index in [0.717, 1.165) is 57.5 Å². The van der Waals surface area contributed by atoms with Gasteiger partial charge < -0.3 is 20.1 Å². The topological polar surface area (TPSA) is 87.6 Å². The van der Waals surface area contributed by atoms with E-state index in [4.69, 9.17) is 14.7 Å². The molecule has 7 rings (SSSR count). The van der Waals surface area contributed by atoms with Gasteiger partial charge in [0.1, 0.15) is 6.10 Å². The van der Waals surface area contributed by atoms with Gasteiger partial charge in [0, 0.05) is 44.4 Å². The zero-order valence-electron chi connectivity index (χ0n) is 20.0. The molecule has 1 aromatic rings. The van der Waals surface area contributed by atoms with E-state index in [1.54, 1.807) is 6.20 Å². The molecule has 5 atom stereocenters. The molecule has 2 aliphatic heterocycles. The van der Waals surface area contributed by atoms with Crippen LogP contribution in [0.2, 0.25) is 0 Å². The highest BCUT2D eigenvalue weighted by molar-refractivity contribution is 5.97.